The molecule has 1 N–H and O–H groups in total. The van der Waals surface area contributed by atoms with Crippen LogP contribution in [0.15, 0.2) is 34.7 Å². The molecule has 1 saturated carbocycles. The number of carbonyl (C=O) groups is 2. The number of esters is 1. The van der Waals surface area contributed by atoms with E-state index in [0.29, 0.717) is 22.1 Å². The maximum Gasteiger partial charge on any atom is 0.341 e. The second-order valence-corrected chi connectivity index (χ2v) is 7.09. The van der Waals surface area contributed by atoms with Crippen molar-refractivity contribution in [3.05, 3.63) is 58.0 Å². The number of benzene rings is 1. The van der Waals surface area contributed by atoms with Gasteiger partial charge in [0.1, 0.15) is 17.1 Å². The third-order valence-corrected chi connectivity index (χ3v) is 5.30. The van der Waals surface area contributed by atoms with Crippen LogP contribution in [0.4, 0.5) is 0 Å². The van der Waals surface area contributed by atoms with Gasteiger partial charge in [0, 0.05) is 5.02 Å². The summed E-state index contributed by atoms with van der Waals surface area (Å²) in [6, 6.07) is 9.14. The lowest BCUT2D eigenvalue weighted by atomic mass is 9.78. The van der Waals surface area contributed by atoms with Crippen LogP contribution in [0.2, 0.25) is 5.02 Å². The molecule has 1 amide bonds. The van der Waals surface area contributed by atoms with E-state index >= 15 is 0 Å². The van der Waals surface area contributed by atoms with Crippen LogP contribution in [0.5, 0.6) is 0 Å². The van der Waals surface area contributed by atoms with Gasteiger partial charge in [-0.3, -0.25) is 4.79 Å². The maximum atomic E-state index is 13.0. The zero-order valence-electron chi connectivity index (χ0n) is 14.9. The van der Waals surface area contributed by atoms with Crippen molar-refractivity contribution in [1.29, 1.82) is 0 Å². The molecule has 138 valence electrons. The average molecular weight is 376 g/mol. The summed E-state index contributed by atoms with van der Waals surface area (Å²) in [5, 5.41) is 3.60. The van der Waals surface area contributed by atoms with Crippen LogP contribution in [-0.4, -0.2) is 19.0 Å². The van der Waals surface area contributed by atoms with Gasteiger partial charge in [0.2, 0.25) is 5.91 Å². The first kappa shape index (κ1) is 18.5. The number of hydrogen-bond donors (Lipinski definition) is 1. The second-order valence-electron chi connectivity index (χ2n) is 6.66. The molecule has 26 heavy (non-hydrogen) atoms. The Bertz CT molecular complexity index is 821. The molecule has 1 aliphatic rings. The fourth-order valence-electron chi connectivity index (χ4n) is 3.69. The number of amides is 1. The molecule has 3 rings (SSSR count). The Labute approximate surface area is 157 Å². The van der Waals surface area contributed by atoms with E-state index in [1.165, 1.54) is 7.11 Å². The smallest absolute Gasteiger partial charge is 0.341 e. The lowest BCUT2D eigenvalue weighted by molar-refractivity contribution is -0.126. The van der Waals surface area contributed by atoms with E-state index in [9.17, 15) is 9.59 Å². The van der Waals surface area contributed by atoms with E-state index in [-0.39, 0.29) is 12.5 Å². The molecule has 0 atom stereocenters. The van der Waals surface area contributed by atoms with Gasteiger partial charge in [-0.2, -0.15) is 0 Å². The van der Waals surface area contributed by atoms with Crippen molar-refractivity contribution in [2.45, 2.75) is 44.6 Å². The molecular weight excluding hydrogens is 354 g/mol. The number of hydrogen-bond acceptors (Lipinski definition) is 4. The standard InChI is InChI=1S/C20H22ClNO4/c1-13-17(18(23)25-2)11-16(26-13)12-22-19(24)20(8-3-4-9-20)14-6-5-7-15(21)10-14/h5-7,10-11H,3-4,8-9,12H2,1-2H3,(H,22,24). The van der Waals surface area contributed by atoms with Crippen LogP contribution in [0, 0.1) is 6.92 Å². The Morgan fingerprint density at radius 3 is 2.65 bits per heavy atom. The minimum Gasteiger partial charge on any atom is -0.465 e. The Hall–Kier alpha value is -2.27. The summed E-state index contributed by atoms with van der Waals surface area (Å²) < 4.78 is 10.3. The predicted molar refractivity (Wildman–Crippen MR) is 98.2 cm³/mol. The lowest BCUT2D eigenvalue weighted by Gasteiger charge is -2.28. The first-order valence-electron chi connectivity index (χ1n) is 8.68. The quantitative estimate of drug-likeness (QED) is 0.797. The highest BCUT2D eigenvalue weighted by Crippen LogP contribution is 2.42. The molecule has 0 aliphatic heterocycles. The first-order valence-corrected chi connectivity index (χ1v) is 9.06. The highest BCUT2D eigenvalue weighted by atomic mass is 35.5. The van der Waals surface area contributed by atoms with Crippen molar-refractivity contribution in [3.8, 4) is 0 Å². The molecule has 5 nitrogen and oxygen atoms in total. The van der Waals surface area contributed by atoms with Gasteiger partial charge in [0.15, 0.2) is 0 Å². The van der Waals surface area contributed by atoms with E-state index in [0.717, 1.165) is 31.2 Å². The van der Waals surface area contributed by atoms with Gasteiger partial charge in [-0.15, -0.1) is 0 Å². The number of rotatable bonds is 5. The fraction of sp³-hybridized carbons (Fsp3) is 0.400. The van der Waals surface area contributed by atoms with E-state index in [4.69, 9.17) is 20.8 Å². The minimum atomic E-state index is -0.558. The van der Waals surface area contributed by atoms with Gasteiger partial charge < -0.3 is 14.5 Å². The summed E-state index contributed by atoms with van der Waals surface area (Å²) >= 11 is 6.14. The van der Waals surface area contributed by atoms with E-state index in [1.54, 1.807) is 13.0 Å². The largest absolute Gasteiger partial charge is 0.465 e. The fourth-order valence-corrected chi connectivity index (χ4v) is 3.88. The van der Waals surface area contributed by atoms with Gasteiger partial charge in [-0.1, -0.05) is 36.6 Å². The molecule has 1 aromatic carbocycles. The summed E-state index contributed by atoms with van der Waals surface area (Å²) in [5.74, 6) is 0.517. The average Bonchev–Trinajstić information content (AvgIpc) is 3.27. The monoisotopic (exact) mass is 375 g/mol. The number of furan rings is 1. The summed E-state index contributed by atoms with van der Waals surface area (Å²) in [6.45, 7) is 1.92. The molecule has 0 radical (unpaired) electrons. The number of methoxy groups -OCH3 is 1. The van der Waals surface area contributed by atoms with Crippen LogP contribution in [0.1, 0.15) is 53.1 Å². The van der Waals surface area contributed by atoms with Crippen molar-refractivity contribution in [2.75, 3.05) is 7.11 Å². The van der Waals surface area contributed by atoms with Crippen LogP contribution in [0.3, 0.4) is 0 Å². The first-order chi connectivity index (χ1) is 12.5. The van der Waals surface area contributed by atoms with Crippen molar-refractivity contribution in [2.24, 2.45) is 0 Å². The Balaban J connectivity index is 1.77. The van der Waals surface area contributed by atoms with Gasteiger partial charge in [0.25, 0.3) is 0 Å². The van der Waals surface area contributed by atoms with E-state index in [2.05, 4.69) is 5.32 Å². The number of carbonyl (C=O) groups excluding carboxylic acids is 2. The van der Waals surface area contributed by atoms with E-state index in [1.807, 2.05) is 24.3 Å². The van der Waals surface area contributed by atoms with Gasteiger partial charge in [0.05, 0.1) is 19.1 Å². The number of aryl methyl sites for hydroxylation is 1. The highest BCUT2D eigenvalue weighted by molar-refractivity contribution is 6.30. The number of nitrogens with one attached hydrogen (secondary N) is 1. The predicted octanol–water partition coefficient (Wildman–Crippen LogP) is 4.16. The molecule has 1 heterocycles. The SMILES string of the molecule is COC(=O)c1cc(CNC(=O)C2(c3cccc(Cl)c3)CCCC2)oc1C. The number of ether oxygens (including phenoxy) is 1. The molecular formula is C20H22ClNO4. The normalized spacial score (nSPS) is 15.7. The topological polar surface area (TPSA) is 68.5 Å². The van der Waals surface area contributed by atoms with Gasteiger partial charge in [-0.05, 0) is 43.5 Å². The third-order valence-electron chi connectivity index (χ3n) is 5.07. The molecule has 0 spiro atoms. The zero-order valence-corrected chi connectivity index (χ0v) is 15.7. The molecule has 0 bridgehead atoms. The van der Waals surface area contributed by atoms with Crippen LogP contribution >= 0.6 is 11.6 Å². The zero-order chi connectivity index (χ0) is 18.7. The van der Waals surface area contributed by atoms with Crippen LogP contribution < -0.4 is 5.32 Å². The maximum absolute atomic E-state index is 13.0. The van der Waals surface area contributed by atoms with Crippen LogP contribution in [-0.2, 0) is 21.5 Å². The van der Waals surface area contributed by atoms with Gasteiger partial charge >= 0.3 is 5.97 Å². The summed E-state index contributed by atoms with van der Waals surface area (Å²) in [5.41, 5.74) is 0.769. The number of halogens is 1. The molecule has 2 aromatic rings. The molecule has 1 aliphatic carbocycles. The minimum absolute atomic E-state index is 0.0362. The van der Waals surface area contributed by atoms with Crippen molar-refractivity contribution >= 4 is 23.5 Å². The van der Waals surface area contributed by atoms with Crippen molar-refractivity contribution < 1.29 is 18.7 Å². The molecule has 0 saturated heterocycles. The Kier molecular flexibility index (Phi) is 5.37. The summed E-state index contributed by atoms with van der Waals surface area (Å²) in [6.07, 6.45) is 3.60. The van der Waals surface area contributed by atoms with Gasteiger partial charge in [-0.25, -0.2) is 4.79 Å². The molecule has 1 aromatic heterocycles. The highest BCUT2D eigenvalue weighted by Gasteiger charge is 2.42. The van der Waals surface area contributed by atoms with E-state index < -0.39 is 11.4 Å². The Morgan fingerprint density at radius 2 is 2.00 bits per heavy atom. The lowest BCUT2D eigenvalue weighted by Crippen LogP contribution is -2.42. The Morgan fingerprint density at radius 1 is 1.27 bits per heavy atom. The van der Waals surface area contributed by atoms with Crippen molar-refractivity contribution in [1.82, 2.24) is 5.32 Å². The summed E-state index contributed by atoms with van der Waals surface area (Å²) in [4.78, 5) is 24.7. The second kappa shape index (κ2) is 7.54. The van der Waals surface area contributed by atoms with Crippen LogP contribution in [0.25, 0.3) is 0 Å². The molecule has 1 fully saturated rings. The van der Waals surface area contributed by atoms with Crippen molar-refractivity contribution in [3.63, 3.8) is 0 Å². The molecule has 6 heteroatoms. The summed E-state index contributed by atoms with van der Waals surface area (Å²) in [7, 11) is 1.32. The molecule has 0 unspecified atom stereocenters. The third kappa shape index (κ3) is 3.49.